The maximum atomic E-state index is 10.2. The van der Waals surface area contributed by atoms with Gasteiger partial charge in [-0.15, -0.1) is 11.3 Å². The van der Waals surface area contributed by atoms with Crippen LogP contribution in [0.5, 0.6) is 0 Å². The highest BCUT2D eigenvalue weighted by Gasteiger charge is 2.11. The van der Waals surface area contributed by atoms with E-state index in [9.17, 15) is 9.59 Å². The van der Waals surface area contributed by atoms with Crippen molar-refractivity contribution in [2.75, 3.05) is 0 Å². The van der Waals surface area contributed by atoms with Gasteiger partial charge in [0.1, 0.15) is 11.0 Å². The van der Waals surface area contributed by atoms with Crippen LogP contribution in [0.25, 0.3) is 0 Å². The molecule has 1 radical (unpaired) electrons. The van der Waals surface area contributed by atoms with Crippen molar-refractivity contribution in [3.05, 3.63) is 16.6 Å². The van der Waals surface area contributed by atoms with Crippen molar-refractivity contribution in [1.29, 1.82) is 0 Å². The van der Waals surface area contributed by atoms with E-state index < -0.39 is 6.04 Å². The van der Waals surface area contributed by atoms with Gasteiger partial charge in [0.05, 0.1) is 0 Å². The lowest BCUT2D eigenvalue weighted by atomic mass is 10.3. The Bertz CT molecular complexity index is 235. The number of carbonyl (C=O) groups is 1. The quantitative estimate of drug-likeness (QED) is 0.647. The number of nitrogens with one attached hydrogen (secondary N) is 1. The smallest absolute Gasteiger partial charge is 0.230 e. The molecule has 1 aromatic rings. The minimum absolute atomic E-state index is 0.455. The fourth-order valence-electron chi connectivity index (χ4n) is 0.601. The third-order valence-corrected chi connectivity index (χ3v) is 1.89. The van der Waals surface area contributed by atoms with E-state index in [-0.39, 0.29) is 0 Å². The second-order valence-electron chi connectivity index (χ2n) is 1.71. The van der Waals surface area contributed by atoms with Gasteiger partial charge in [0.15, 0.2) is 0 Å². The van der Waals surface area contributed by atoms with Crippen LogP contribution in [-0.4, -0.2) is 17.7 Å². The molecule has 0 saturated carbocycles. The Labute approximate surface area is 67.3 Å². The number of carbonyl (C=O) groups excluding carboxylic acids is 2. The fourth-order valence-corrected chi connectivity index (χ4v) is 1.24. The van der Waals surface area contributed by atoms with E-state index in [2.05, 4.69) is 10.3 Å². The summed E-state index contributed by atoms with van der Waals surface area (Å²) in [6.07, 6.45) is 3.68. The molecular formula is C6H5N2O2S. The highest BCUT2D eigenvalue weighted by Crippen LogP contribution is 2.12. The predicted octanol–water partition coefficient (Wildman–Crippen LogP) is 0.0399. The highest BCUT2D eigenvalue weighted by atomic mass is 32.1. The Morgan fingerprint density at radius 2 is 2.64 bits per heavy atom. The summed E-state index contributed by atoms with van der Waals surface area (Å²) < 4.78 is 0. The zero-order chi connectivity index (χ0) is 8.10. The first kappa shape index (κ1) is 7.87. The molecule has 0 aliphatic carbocycles. The Morgan fingerprint density at radius 1 is 1.82 bits per heavy atom. The first-order chi connectivity index (χ1) is 5.38. The fraction of sp³-hybridized carbons (Fsp3) is 0.167. The van der Waals surface area contributed by atoms with E-state index >= 15 is 0 Å². The van der Waals surface area contributed by atoms with Crippen LogP contribution in [0.3, 0.4) is 0 Å². The highest BCUT2D eigenvalue weighted by molar-refractivity contribution is 7.09. The van der Waals surface area contributed by atoms with Gasteiger partial charge in [0.2, 0.25) is 12.7 Å². The molecule has 1 heterocycles. The van der Waals surface area contributed by atoms with E-state index in [0.717, 1.165) is 0 Å². The molecule has 5 heteroatoms. The Kier molecular flexibility index (Phi) is 2.74. The first-order valence-corrected chi connectivity index (χ1v) is 3.73. The molecule has 11 heavy (non-hydrogen) atoms. The Balaban J connectivity index is 2.70. The molecule has 1 N–H and O–H groups in total. The number of thiazole rings is 1. The van der Waals surface area contributed by atoms with E-state index in [4.69, 9.17) is 0 Å². The molecule has 1 rings (SSSR count). The molecule has 0 aliphatic heterocycles. The number of nitrogens with zero attached hydrogens (tertiary/aromatic N) is 1. The third-order valence-electron chi connectivity index (χ3n) is 1.05. The van der Waals surface area contributed by atoms with Gasteiger partial charge >= 0.3 is 0 Å². The standard InChI is InChI=1S/C6H5N2O2S/c9-3-5(8-4-10)6-7-1-2-11-6/h1-2,4-5H,(H,8,10). The largest absolute Gasteiger partial charge is 0.342 e. The molecule has 0 aromatic carbocycles. The molecule has 0 spiro atoms. The normalized spacial score (nSPS) is 12.0. The lowest BCUT2D eigenvalue weighted by molar-refractivity contribution is -0.109. The zero-order valence-corrected chi connectivity index (χ0v) is 6.30. The van der Waals surface area contributed by atoms with Crippen molar-refractivity contribution in [2.24, 2.45) is 0 Å². The van der Waals surface area contributed by atoms with Crippen LogP contribution < -0.4 is 5.32 Å². The van der Waals surface area contributed by atoms with Gasteiger partial charge in [-0.25, -0.2) is 4.98 Å². The summed E-state index contributed by atoms with van der Waals surface area (Å²) in [5.41, 5.74) is 0. The van der Waals surface area contributed by atoms with Crippen LogP contribution in [0.1, 0.15) is 11.0 Å². The maximum Gasteiger partial charge on any atom is 0.230 e. The van der Waals surface area contributed by atoms with Crippen LogP contribution in [-0.2, 0) is 9.59 Å². The second-order valence-corrected chi connectivity index (χ2v) is 2.63. The topological polar surface area (TPSA) is 59.1 Å². The van der Waals surface area contributed by atoms with E-state index in [0.29, 0.717) is 11.4 Å². The molecule has 0 saturated heterocycles. The van der Waals surface area contributed by atoms with Crippen molar-refractivity contribution >= 4 is 24.0 Å². The lowest BCUT2D eigenvalue weighted by Crippen LogP contribution is -2.20. The predicted molar refractivity (Wildman–Crippen MR) is 39.7 cm³/mol. The molecule has 0 aliphatic rings. The number of hydrogen-bond donors (Lipinski definition) is 1. The van der Waals surface area contributed by atoms with Crippen LogP contribution in [0, 0.1) is 0 Å². The lowest BCUT2D eigenvalue weighted by Gasteiger charge is -2.01. The Morgan fingerprint density at radius 3 is 3.09 bits per heavy atom. The van der Waals surface area contributed by atoms with Gasteiger partial charge in [-0.3, -0.25) is 9.59 Å². The summed E-state index contributed by atoms with van der Waals surface area (Å²) in [6.45, 7) is 0. The number of rotatable bonds is 4. The van der Waals surface area contributed by atoms with Crippen LogP contribution in [0.2, 0.25) is 0 Å². The molecule has 0 fully saturated rings. The number of aromatic nitrogens is 1. The zero-order valence-electron chi connectivity index (χ0n) is 5.48. The molecule has 4 nitrogen and oxygen atoms in total. The first-order valence-electron chi connectivity index (χ1n) is 2.85. The monoisotopic (exact) mass is 169 g/mol. The second kappa shape index (κ2) is 3.82. The van der Waals surface area contributed by atoms with E-state index in [1.165, 1.54) is 11.3 Å². The van der Waals surface area contributed by atoms with Crippen molar-refractivity contribution in [3.63, 3.8) is 0 Å². The minimum atomic E-state index is -0.715. The van der Waals surface area contributed by atoms with Gasteiger partial charge in [-0.2, -0.15) is 0 Å². The summed E-state index contributed by atoms with van der Waals surface area (Å²) in [6, 6.07) is -0.715. The van der Waals surface area contributed by atoms with Crippen LogP contribution >= 0.6 is 11.3 Å². The minimum Gasteiger partial charge on any atom is -0.342 e. The molecule has 1 atom stereocenters. The summed E-state index contributed by atoms with van der Waals surface area (Å²) in [7, 11) is 0. The third kappa shape index (κ3) is 1.84. The average Bonchev–Trinajstić information content (AvgIpc) is 2.52. The van der Waals surface area contributed by atoms with Crippen molar-refractivity contribution in [3.8, 4) is 0 Å². The summed E-state index contributed by atoms with van der Waals surface area (Å²) >= 11 is 1.30. The van der Waals surface area contributed by atoms with Crippen molar-refractivity contribution < 1.29 is 9.59 Å². The van der Waals surface area contributed by atoms with Crippen molar-refractivity contribution in [1.82, 2.24) is 10.3 Å². The molecule has 1 unspecified atom stereocenters. The Hall–Kier alpha value is -1.23. The molecule has 1 amide bonds. The number of amides is 1. The molecular weight excluding hydrogens is 164 g/mol. The van der Waals surface area contributed by atoms with E-state index in [1.807, 2.05) is 0 Å². The van der Waals surface area contributed by atoms with Gasteiger partial charge in [0, 0.05) is 11.6 Å². The van der Waals surface area contributed by atoms with Crippen molar-refractivity contribution in [2.45, 2.75) is 6.04 Å². The van der Waals surface area contributed by atoms with Gasteiger partial charge in [-0.05, 0) is 0 Å². The maximum absolute atomic E-state index is 10.2. The summed E-state index contributed by atoms with van der Waals surface area (Å²) in [4.78, 5) is 24.0. The molecule has 57 valence electrons. The van der Waals surface area contributed by atoms with Gasteiger partial charge in [-0.1, -0.05) is 0 Å². The molecule has 1 aromatic heterocycles. The van der Waals surface area contributed by atoms with Crippen LogP contribution in [0.4, 0.5) is 0 Å². The SMILES string of the molecule is O=[C]C(NC=O)c1nccs1. The van der Waals surface area contributed by atoms with Gasteiger partial charge in [0.25, 0.3) is 0 Å². The number of hydrogen-bond acceptors (Lipinski definition) is 4. The molecule has 0 bridgehead atoms. The van der Waals surface area contributed by atoms with Gasteiger partial charge < -0.3 is 5.32 Å². The summed E-state index contributed by atoms with van der Waals surface area (Å²) in [5, 5.41) is 4.55. The van der Waals surface area contributed by atoms with Crippen LogP contribution in [0.15, 0.2) is 11.6 Å². The van der Waals surface area contributed by atoms with E-state index in [1.54, 1.807) is 17.9 Å². The summed E-state index contributed by atoms with van der Waals surface area (Å²) in [5.74, 6) is 0. The average molecular weight is 169 g/mol.